The maximum absolute atomic E-state index is 9.46. The average molecular weight is 154 g/mol. The summed E-state index contributed by atoms with van der Waals surface area (Å²) in [5.74, 6) is 0. The third-order valence-corrected chi connectivity index (χ3v) is 0.498. The fourth-order valence-corrected chi connectivity index (χ4v) is 0.297. The highest BCUT2D eigenvalue weighted by Gasteiger charge is 1.84. The van der Waals surface area contributed by atoms with E-state index in [0.717, 1.165) is 0 Å². The molecule has 0 atom stereocenters. The minimum Gasteiger partial charge on any atom is -0.465 e. The number of hydrogen-bond acceptors (Lipinski definition) is 1. The minimum atomic E-state index is -1.01. The molecule has 1 amide bonds. The number of carboxylic acid groups (broad SMARTS) is 1. The van der Waals surface area contributed by atoms with Gasteiger partial charge in [-0.15, -0.1) is 0 Å². The molecule has 0 saturated carbocycles. The summed E-state index contributed by atoms with van der Waals surface area (Å²) in [5, 5.41) is 9.81. The summed E-state index contributed by atoms with van der Waals surface area (Å²) in [5.41, 5.74) is 0.294. The highest BCUT2D eigenvalue weighted by atomic mass is 79.9. The van der Waals surface area contributed by atoms with Gasteiger partial charge < -0.3 is 10.4 Å². The van der Waals surface area contributed by atoms with Crippen molar-refractivity contribution in [2.75, 3.05) is 5.45 Å². The molecule has 0 aliphatic rings. The molecule has 0 aromatic heterocycles. The van der Waals surface area contributed by atoms with E-state index in [1.807, 2.05) is 5.32 Å². The summed E-state index contributed by atoms with van der Waals surface area (Å²) in [4.78, 5) is 9.46. The third kappa shape index (κ3) is 3.75. The van der Waals surface area contributed by atoms with Crippen molar-refractivity contribution in [1.29, 1.82) is 0 Å². The Bertz CT molecular complexity index is 55.5. The molecule has 0 unspecified atom stereocenters. The van der Waals surface area contributed by atoms with Crippen molar-refractivity contribution in [3.05, 3.63) is 0 Å². The van der Waals surface area contributed by atoms with E-state index in [4.69, 9.17) is 5.11 Å². The van der Waals surface area contributed by atoms with Crippen molar-refractivity contribution in [1.82, 2.24) is 5.32 Å². The van der Waals surface area contributed by atoms with E-state index in [1.54, 1.807) is 0 Å². The normalized spacial score (nSPS) is 7.50. The number of rotatable bonds is 1. The first-order valence-electron chi connectivity index (χ1n) is 1.30. The van der Waals surface area contributed by atoms with Gasteiger partial charge in [-0.3, -0.25) is 0 Å². The molecule has 0 heterocycles. The Balaban J connectivity index is 2.83. The van der Waals surface area contributed by atoms with Crippen LogP contribution in [0.2, 0.25) is 0 Å². The fourth-order valence-electron chi connectivity index (χ4n) is 0.0572. The maximum Gasteiger partial charge on any atom is 0.405 e. The van der Waals surface area contributed by atoms with E-state index in [0.29, 0.717) is 5.45 Å². The summed E-state index contributed by atoms with van der Waals surface area (Å²) in [6.07, 6.45) is -1.01. The maximum atomic E-state index is 9.46. The molecule has 36 valence electrons. The average Bonchev–Trinajstić information content (AvgIpc) is 1.35. The van der Waals surface area contributed by atoms with Gasteiger partial charge in [-0.1, -0.05) is 15.9 Å². The van der Waals surface area contributed by atoms with E-state index in [9.17, 15) is 4.79 Å². The van der Waals surface area contributed by atoms with Crippen LogP contribution in [0, 0.1) is 0 Å². The van der Waals surface area contributed by atoms with Crippen molar-refractivity contribution < 1.29 is 9.90 Å². The van der Waals surface area contributed by atoms with Crippen LogP contribution in [0.4, 0.5) is 4.79 Å². The lowest BCUT2D eigenvalue weighted by Crippen LogP contribution is -2.17. The summed E-state index contributed by atoms with van der Waals surface area (Å²) < 4.78 is 0. The van der Waals surface area contributed by atoms with Crippen molar-refractivity contribution >= 4 is 22.0 Å². The third-order valence-electron chi connectivity index (χ3n) is 0.218. The molecule has 6 heavy (non-hydrogen) atoms. The number of amides is 1. The minimum absolute atomic E-state index is 0.294. The lowest BCUT2D eigenvalue weighted by molar-refractivity contribution is 0.196. The van der Waals surface area contributed by atoms with Crippen LogP contribution in [0.5, 0.6) is 0 Å². The van der Waals surface area contributed by atoms with Crippen LogP contribution in [-0.2, 0) is 0 Å². The Labute approximate surface area is 43.5 Å². The predicted molar refractivity (Wildman–Crippen MR) is 25.0 cm³/mol. The quantitative estimate of drug-likeness (QED) is 0.429. The lowest BCUT2D eigenvalue weighted by atomic mass is 11.1. The smallest absolute Gasteiger partial charge is 0.405 e. The van der Waals surface area contributed by atoms with Crippen LogP contribution in [0.3, 0.4) is 0 Å². The number of hydrogen-bond donors (Lipinski definition) is 2. The molecule has 2 N–H and O–H groups in total. The van der Waals surface area contributed by atoms with Crippen LogP contribution in [-0.4, -0.2) is 16.7 Å². The van der Waals surface area contributed by atoms with Crippen LogP contribution in [0.25, 0.3) is 0 Å². The second-order valence-electron chi connectivity index (χ2n) is 0.616. The Hall–Kier alpha value is -0.250. The van der Waals surface area contributed by atoms with Gasteiger partial charge in [0.2, 0.25) is 0 Å². The molecule has 4 heteroatoms. The van der Waals surface area contributed by atoms with Crippen LogP contribution < -0.4 is 5.32 Å². The standard InChI is InChI=1S/C2H4BrNO2/c3-1-4-2(5)6/h4H,1H2,(H,5,6). The van der Waals surface area contributed by atoms with Gasteiger partial charge in [0.25, 0.3) is 0 Å². The first-order valence-corrected chi connectivity index (χ1v) is 2.42. The zero-order valence-electron chi connectivity index (χ0n) is 2.94. The van der Waals surface area contributed by atoms with Gasteiger partial charge in [0, 0.05) is 0 Å². The van der Waals surface area contributed by atoms with Crippen LogP contribution in [0.1, 0.15) is 0 Å². The molecule has 0 radical (unpaired) electrons. The molecule has 0 spiro atoms. The predicted octanol–water partition coefficient (Wildman–Crippen LogP) is 0.606. The molecule has 0 aliphatic carbocycles. The second kappa shape index (κ2) is 2.96. The highest BCUT2D eigenvalue weighted by molar-refractivity contribution is 9.09. The number of carbonyl (C=O) groups is 1. The van der Waals surface area contributed by atoms with E-state index < -0.39 is 6.09 Å². The van der Waals surface area contributed by atoms with Gasteiger partial charge in [-0.05, 0) is 0 Å². The van der Waals surface area contributed by atoms with Gasteiger partial charge in [-0.25, -0.2) is 4.79 Å². The lowest BCUT2D eigenvalue weighted by Gasteiger charge is -1.85. The molecular formula is C2H4BrNO2. The molecule has 0 saturated heterocycles. The SMILES string of the molecule is O=C(O)NCBr. The molecule has 0 bridgehead atoms. The molecule has 3 nitrogen and oxygen atoms in total. The Kier molecular flexibility index (Phi) is 2.84. The number of alkyl halides is 1. The Morgan fingerprint density at radius 1 is 2.00 bits per heavy atom. The van der Waals surface area contributed by atoms with Crippen molar-refractivity contribution in [3.63, 3.8) is 0 Å². The van der Waals surface area contributed by atoms with Crippen molar-refractivity contribution in [3.8, 4) is 0 Å². The largest absolute Gasteiger partial charge is 0.465 e. The topological polar surface area (TPSA) is 49.3 Å². The Morgan fingerprint density at radius 2 is 2.50 bits per heavy atom. The van der Waals surface area contributed by atoms with E-state index in [1.165, 1.54) is 0 Å². The molecular weight excluding hydrogens is 150 g/mol. The summed E-state index contributed by atoms with van der Waals surface area (Å²) in [6, 6.07) is 0. The first-order chi connectivity index (χ1) is 2.77. The molecule has 0 aromatic rings. The zero-order valence-corrected chi connectivity index (χ0v) is 4.53. The summed E-state index contributed by atoms with van der Waals surface area (Å²) in [7, 11) is 0. The molecule has 0 fully saturated rings. The monoisotopic (exact) mass is 153 g/mol. The highest BCUT2D eigenvalue weighted by Crippen LogP contribution is 1.69. The van der Waals surface area contributed by atoms with E-state index in [-0.39, 0.29) is 0 Å². The number of halogens is 1. The van der Waals surface area contributed by atoms with Gasteiger partial charge >= 0.3 is 6.09 Å². The van der Waals surface area contributed by atoms with Gasteiger partial charge in [0.1, 0.15) is 0 Å². The fraction of sp³-hybridized carbons (Fsp3) is 0.500. The van der Waals surface area contributed by atoms with Gasteiger partial charge in [-0.2, -0.15) is 0 Å². The first kappa shape index (κ1) is 5.75. The Morgan fingerprint density at radius 3 is 2.50 bits per heavy atom. The van der Waals surface area contributed by atoms with Gasteiger partial charge in [0.05, 0.1) is 5.45 Å². The van der Waals surface area contributed by atoms with E-state index in [2.05, 4.69) is 15.9 Å². The summed E-state index contributed by atoms with van der Waals surface area (Å²) in [6.45, 7) is 0. The molecule has 0 aliphatic heterocycles. The van der Waals surface area contributed by atoms with Crippen LogP contribution >= 0.6 is 15.9 Å². The molecule has 0 aromatic carbocycles. The van der Waals surface area contributed by atoms with Crippen molar-refractivity contribution in [2.45, 2.75) is 0 Å². The van der Waals surface area contributed by atoms with E-state index >= 15 is 0 Å². The second-order valence-corrected chi connectivity index (χ2v) is 1.18. The number of nitrogens with one attached hydrogen (secondary N) is 1. The van der Waals surface area contributed by atoms with Crippen molar-refractivity contribution in [2.24, 2.45) is 0 Å². The molecule has 0 rings (SSSR count). The van der Waals surface area contributed by atoms with Crippen LogP contribution in [0.15, 0.2) is 0 Å². The summed E-state index contributed by atoms with van der Waals surface area (Å²) >= 11 is 2.86. The van der Waals surface area contributed by atoms with Gasteiger partial charge in [0.15, 0.2) is 0 Å². The zero-order chi connectivity index (χ0) is 4.99.